The van der Waals surface area contributed by atoms with Gasteiger partial charge in [0.15, 0.2) is 5.82 Å². The van der Waals surface area contributed by atoms with E-state index >= 15 is 0 Å². The predicted molar refractivity (Wildman–Crippen MR) is 86.1 cm³/mol. The largest absolute Gasteiger partial charge is 0.508 e. The maximum atomic E-state index is 9.90. The molecule has 0 bridgehead atoms. The number of phenols is 1. The summed E-state index contributed by atoms with van der Waals surface area (Å²) in [5.41, 5.74) is 1.68. The second-order valence-corrected chi connectivity index (χ2v) is 5.57. The number of halogens is 1. The maximum absolute atomic E-state index is 9.90. The van der Waals surface area contributed by atoms with E-state index in [0.717, 1.165) is 24.6 Å². The van der Waals surface area contributed by atoms with Crippen LogP contribution in [0.15, 0.2) is 36.5 Å². The molecule has 0 spiro atoms. The molecular formula is C16H18ClN3O. The van der Waals surface area contributed by atoms with Gasteiger partial charge in [0.25, 0.3) is 0 Å². The fraction of sp³-hybridized carbons (Fsp3) is 0.312. The lowest BCUT2D eigenvalue weighted by atomic mass is 10.2. The van der Waals surface area contributed by atoms with Crippen molar-refractivity contribution in [2.45, 2.75) is 19.4 Å². The molecule has 0 aliphatic carbocycles. The average molecular weight is 304 g/mol. The predicted octanol–water partition coefficient (Wildman–Crippen LogP) is 3.65. The molecule has 0 amide bonds. The first-order chi connectivity index (χ1) is 10.3. The van der Waals surface area contributed by atoms with Gasteiger partial charge >= 0.3 is 0 Å². The molecule has 1 fully saturated rings. The van der Waals surface area contributed by atoms with Crippen LogP contribution in [-0.2, 0) is 6.54 Å². The SMILES string of the molecule is Oc1cccc(Cl)c1CNc1cccnc1N1CCCC1. The Balaban J connectivity index is 1.79. The van der Waals surface area contributed by atoms with Gasteiger partial charge in [-0.25, -0.2) is 4.98 Å². The maximum Gasteiger partial charge on any atom is 0.151 e. The molecule has 2 N–H and O–H groups in total. The molecule has 5 heteroatoms. The molecule has 2 heterocycles. The summed E-state index contributed by atoms with van der Waals surface area (Å²) in [7, 11) is 0. The second-order valence-electron chi connectivity index (χ2n) is 5.16. The van der Waals surface area contributed by atoms with Crippen molar-refractivity contribution in [3.63, 3.8) is 0 Å². The number of nitrogens with zero attached hydrogens (tertiary/aromatic N) is 2. The summed E-state index contributed by atoms with van der Waals surface area (Å²) in [6.45, 7) is 2.56. The lowest BCUT2D eigenvalue weighted by Gasteiger charge is -2.20. The smallest absolute Gasteiger partial charge is 0.151 e. The number of hydrogen-bond acceptors (Lipinski definition) is 4. The van der Waals surface area contributed by atoms with Gasteiger partial charge in [0.2, 0.25) is 0 Å². The van der Waals surface area contributed by atoms with Gasteiger partial charge < -0.3 is 15.3 Å². The monoisotopic (exact) mass is 303 g/mol. The molecule has 1 saturated heterocycles. The van der Waals surface area contributed by atoms with Gasteiger partial charge in [-0.3, -0.25) is 0 Å². The topological polar surface area (TPSA) is 48.4 Å². The van der Waals surface area contributed by atoms with Gasteiger partial charge in [-0.2, -0.15) is 0 Å². The van der Waals surface area contributed by atoms with Crippen LogP contribution in [0, 0.1) is 0 Å². The zero-order chi connectivity index (χ0) is 14.7. The summed E-state index contributed by atoms with van der Waals surface area (Å²) in [6.07, 6.45) is 4.23. The van der Waals surface area contributed by atoms with Crippen LogP contribution in [0.25, 0.3) is 0 Å². The van der Waals surface area contributed by atoms with Crippen molar-refractivity contribution in [3.8, 4) is 5.75 Å². The first-order valence-electron chi connectivity index (χ1n) is 7.16. The molecule has 3 rings (SSSR count). The zero-order valence-corrected chi connectivity index (χ0v) is 12.5. The van der Waals surface area contributed by atoms with Crippen molar-refractivity contribution >= 4 is 23.1 Å². The number of aromatic hydroxyl groups is 1. The number of phenolic OH excluding ortho intramolecular Hbond substituents is 1. The molecule has 0 saturated carbocycles. The van der Waals surface area contributed by atoms with Crippen LogP contribution in [0.5, 0.6) is 5.75 Å². The highest BCUT2D eigenvalue weighted by atomic mass is 35.5. The van der Waals surface area contributed by atoms with Crippen molar-refractivity contribution in [2.24, 2.45) is 0 Å². The van der Waals surface area contributed by atoms with Crippen molar-refractivity contribution in [1.29, 1.82) is 0 Å². The highest BCUT2D eigenvalue weighted by molar-refractivity contribution is 6.31. The minimum absolute atomic E-state index is 0.210. The highest BCUT2D eigenvalue weighted by Crippen LogP contribution is 2.29. The molecular weight excluding hydrogens is 286 g/mol. The van der Waals surface area contributed by atoms with Gasteiger partial charge in [0, 0.05) is 36.4 Å². The second kappa shape index (κ2) is 6.22. The normalized spacial score (nSPS) is 14.4. The molecule has 4 nitrogen and oxygen atoms in total. The molecule has 21 heavy (non-hydrogen) atoms. The standard InChI is InChI=1S/C16H18ClN3O/c17-13-5-3-7-15(21)12(13)11-19-14-6-4-8-18-16(14)20-9-1-2-10-20/h3-8,19,21H,1-2,9-11H2. The molecule has 110 valence electrons. The minimum Gasteiger partial charge on any atom is -0.508 e. The molecule has 0 unspecified atom stereocenters. The molecule has 1 aliphatic heterocycles. The summed E-state index contributed by atoms with van der Waals surface area (Å²) in [6, 6.07) is 9.08. The third kappa shape index (κ3) is 3.05. The van der Waals surface area contributed by atoms with Crippen molar-refractivity contribution in [1.82, 2.24) is 4.98 Å². The fourth-order valence-corrected chi connectivity index (χ4v) is 2.86. The first kappa shape index (κ1) is 14.0. The van der Waals surface area contributed by atoms with Gasteiger partial charge in [-0.1, -0.05) is 17.7 Å². The molecule has 0 radical (unpaired) electrons. The van der Waals surface area contributed by atoms with Crippen molar-refractivity contribution in [2.75, 3.05) is 23.3 Å². The number of pyridine rings is 1. The van der Waals surface area contributed by atoms with Crippen LogP contribution in [-0.4, -0.2) is 23.2 Å². The van der Waals surface area contributed by atoms with E-state index in [2.05, 4.69) is 15.2 Å². The van der Waals surface area contributed by atoms with Gasteiger partial charge in [-0.05, 0) is 37.1 Å². The van der Waals surface area contributed by atoms with Crippen molar-refractivity contribution < 1.29 is 5.11 Å². The van der Waals surface area contributed by atoms with Gasteiger partial charge in [0.05, 0.1) is 5.69 Å². The van der Waals surface area contributed by atoms with Crippen LogP contribution in [0.3, 0.4) is 0 Å². The quantitative estimate of drug-likeness (QED) is 0.905. The Hall–Kier alpha value is -1.94. The Morgan fingerprint density at radius 3 is 2.76 bits per heavy atom. The van der Waals surface area contributed by atoms with Crippen molar-refractivity contribution in [3.05, 3.63) is 47.1 Å². The van der Waals surface area contributed by atoms with Crippen LogP contribution in [0.1, 0.15) is 18.4 Å². The van der Waals surface area contributed by atoms with Gasteiger partial charge in [0.1, 0.15) is 5.75 Å². The molecule has 0 atom stereocenters. The third-order valence-electron chi connectivity index (χ3n) is 3.74. The minimum atomic E-state index is 0.210. The number of benzene rings is 1. The van der Waals surface area contributed by atoms with E-state index in [4.69, 9.17) is 11.6 Å². The Bertz CT molecular complexity index is 606. The van der Waals surface area contributed by atoms with E-state index in [-0.39, 0.29) is 5.75 Å². The van der Waals surface area contributed by atoms with Crippen LogP contribution in [0.2, 0.25) is 5.02 Å². The molecule has 1 aliphatic rings. The zero-order valence-electron chi connectivity index (χ0n) is 11.7. The Labute approximate surface area is 129 Å². The Morgan fingerprint density at radius 2 is 2.00 bits per heavy atom. The van der Waals surface area contributed by atoms with Crippen LogP contribution in [0.4, 0.5) is 11.5 Å². The summed E-state index contributed by atoms with van der Waals surface area (Å²) in [4.78, 5) is 6.77. The van der Waals surface area contributed by atoms with E-state index in [1.54, 1.807) is 18.2 Å². The molecule has 1 aromatic heterocycles. The van der Waals surface area contributed by atoms with Gasteiger partial charge in [-0.15, -0.1) is 0 Å². The number of aromatic nitrogens is 1. The van der Waals surface area contributed by atoms with Crippen LogP contribution < -0.4 is 10.2 Å². The molecule has 2 aromatic rings. The van der Waals surface area contributed by atoms with E-state index in [0.29, 0.717) is 17.1 Å². The average Bonchev–Trinajstić information content (AvgIpc) is 3.01. The highest BCUT2D eigenvalue weighted by Gasteiger charge is 2.17. The Morgan fingerprint density at radius 1 is 1.19 bits per heavy atom. The number of nitrogens with one attached hydrogen (secondary N) is 1. The van der Waals surface area contributed by atoms with E-state index in [9.17, 15) is 5.11 Å². The summed E-state index contributed by atoms with van der Waals surface area (Å²) >= 11 is 6.14. The first-order valence-corrected chi connectivity index (χ1v) is 7.53. The van der Waals surface area contributed by atoms with Crippen LogP contribution >= 0.6 is 11.6 Å². The third-order valence-corrected chi connectivity index (χ3v) is 4.10. The number of hydrogen-bond donors (Lipinski definition) is 2. The van der Waals surface area contributed by atoms with E-state index in [1.165, 1.54) is 12.8 Å². The number of anilines is 2. The lowest BCUT2D eigenvalue weighted by molar-refractivity contribution is 0.469. The summed E-state index contributed by atoms with van der Waals surface area (Å²) < 4.78 is 0. The Kier molecular flexibility index (Phi) is 4.15. The lowest BCUT2D eigenvalue weighted by Crippen LogP contribution is -2.20. The summed E-state index contributed by atoms with van der Waals surface area (Å²) in [5.74, 6) is 1.18. The van der Waals surface area contributed by atoms with E-state index < -0.39 is 0 Å². The van der Waals surface area contributed by atoms with E-state index in [1.807, 2.05) is 18.3 Å². The summed E-state index contributed by atoms with van der Waals surface area (Å²) in [5, 5.41) is 13.8. The fourth-order valence-electron chi connectivity index (χ4n) is 2.62. The number of rotatable bonds is 4. The molecule has 1 aromatic carbocycles.